The van der Waals surface area contributed by atoms with Crippen LogP contribution in [0.3, 0.4) is 0 Å². The van der Waals surface area contributed by atoms with Crippen LogP contribution in [0.25, 0.3) is 0 Å². The van der Waals surface area contributed by atoms with Gasteiger partial charge < -0.3 is 19.9 Å². The molecule has 0 aliphatic heterocycles. The van der Waals surface area contributed by atoms with E-state index in [9.17, 15) is 18.3 Å². The van der Waals surface area contributed by atoms with Gasteiger partial charge in [0, 0.05) is 17.8 Å². The highest BCUT2D eigenvalue weighted by molar-refractivity contribution is 7.92. The van der Waals surface area contributed by atoms with E-state index in [1.807, 2.05) is 6.92 Å². The zero-order chi connectivity index (χ0) is 25.6. The normalized spacial score (nSPS) is 12.5. The number of anilines is 2. The van der Waals surface area contributed by atoms with E-state index in [0.717, 1.165) is 0 Å². The lowest BCUT2D eigenvalue weighted by Gasteiger charge is -2.21. The number of nitrogens with one attached hydrogen (secondary N) is 2. The van der Waals surface area contributed by atoms with Gasteiger partial charge in [0.05, 0.1) is 12.3 Å². The van der Waals surface area contributed by atoms with Crippen LogP contribution in [0.2, 0.25) is 0 Å². The molecule has 0 radical (unpaired) electrons. The maximum atomic E-state index is 13.2. The summed E-state index contributed by atoms with van der Waals surface area (Å²) in [4.78, 5) is 12.4. The Hall–Kier alpha value is -2.70. The summed E-state index contributed by atoms with van der Waals surface area (Å²) in [5, 5.41) is 12.3. The minimum absolute atomic E-state index is 0.0573. The highest BCUT2D eigenvalue weighted by Gasteiger charge is 2.23. The van der Waals surface area contributed by atoms with Crippen LogP contribution in [-0.4, -0.2) is 31.1 Å². The van der Waals surface area contributed by atoms with Gasteiger partial charge in [-0.25, -0.2) is 8.42 Å². The van der Waals surface area contributed by atoms with Gasteiger partial charge in [0.2, 0.25) is 0 Å². The first-order valence-corrected chi connectivity index (χ1v) is 13.3. The van der Waals surface area contributed by atoms with Crippen molar-refractivity contribution in [1.29, 1.82) is 0 Å². The molecule has 3 rings (SSSR count). The predicted molar refractivity (Wildman–Crippen MR) is 143 cm³/mol. The molecule has 0 bridgehead atoms. The zero-order valence-corrected chi connectivity index (χ0v) is 22.4. The van der Waals surface area contributed by atoms with E-state index in [0.29, 0.717) is 17.0 Å². The van der Waals surface area contributed by atoms with Crippen molar-refractivity contribution in [1.82, 2.24) is 0 Å². The number of rotatable bonds is 10. The Morgan fingerprint density at radius 3 is 2.40 bits per heavy atom. The van der Waals surface area contributed by atoms with E-state index in [4.69, 9.17) is 9.47 Å². The number of aliphatic hydroxyl groups is 1. The topological polar surface area (TPSA) is 114 Å². The molecule has 0 aliphatic carbocycles. The number of carbonyl (C=O) groups excluding carboxylic acids is 1. The fraction of sp³-hybridized carbons (Fsp3) is 0.208. The molecule has 0 aliphatic rings. The van der Waals surface area contributed by atoms with Crippen molar-refractivity contribution in [3.8, 4) is 11.5 Å². The third kappa shape index (κ3) is 7.64. The minimum atomic E-state index is -4.03. The first kappa shape index (κ1) is 26.9. The molecule has 2 unspecified atom stereocenters. The number of amides is 1. The molecular weight excluding hydrogens is 506 g/mol. The lowest BCUT2D eigenvalue weighted by Crippen LogP contribution is -2.21. The molecule has 0 aromatic heterocycles. The van der Waals surface area contributed by atoms with Gasteiger partial charge in [0.1, 0.15) is 21.5 Å². The molecule has 0 spiro atoms. The fourth-order valence-corrected chi connectivity index (χ4v) is 4.61. The second kappa shape index (κ2) is 11.4. The van der Waals surface area contributed by atoms with Crippen LogP contribution in [0.15, 0.2) is 77.7 Å². The van der Waals surface area contributed by atoms with Gasteiger partial charge >= 0.3 is 0 Å². The highest BCUT2D eigenvalue weighted by atomic mass is 32.2. The average Bonchev–Trinajstić information content (AvgIpc) is 2.78. The van der Waals surface area contributed by atoms with Crippen LogP contribution < -0.4 is 19.5 Å². The van der Waals surface area contributed by atoms with Gasteiger partial charge in [0.15, 0.2) is 6.10 Å². The monoisotopic (exact) mass is 534 g/mol. The van der Waals surface area contributed by atoms with Crippen molar-refractivity contribution in [3.05, 3.63) is 78.4 Å². The average molecular weight is 535 g/mol. The Labute approximate surface area is 209 Å². The van der Waals surface area contributed by atoms with E-state index >= 15 is 0 Å². The standard InChI is InChI=1S/C24H28N2O6P2S/c1-3-31-20-15-17(25-23(28)22(27)16-8-5-4-6-9-16)12-13-21(20)35(29,30)26-18-10-7-11-19(14-18)32-24(2,33)34/h4-15,22,26-27H,3,33-34H2,1-2H3,(H,25,28)/t22-/m1/s1. The molecule has 11 heteroatoms. The van der Waals surface area contributed by atoms with Crippen LogP contribution in [0, 0.1) is 0 Å². The smallest absolute Gasteiger partial charge is 0.265 e. The van der Waals surface area contributed by atoms with Crippen molar-refractivity contribution >= 4 is 45.8 Å². The predicted octanol–water partition coefficient (Wildman–Crippen LogP) is 4.36. The summed E-state index contributed by atoms with van der Waals surface area (Å²) in [5.74, 6) is -0.112. The molecule has 0 saturated carbocycles. The molecule has 0 fully saturated rings. The Bertz CT molecular complexity index is 1280. The third-order valence-corrected chi connectivity index (χ3v) is 6.24. The lowest BCUT2D eigenvalue weighted by molar-refractivity contribution is -0.124. The van der Waals surface area contributed by atoms with E-state index < -0.39 is 27.1 Å². The van der Waals surface area contributed by atoms with E-state index in [-0.39, 0.29) is 22.9 Å². The van der Waals surface area contributed by atoms with Gasteiger partial charge in [-0.1, -0.05) is 54.9 Å². The quantitative estimate of drug-likeness (QED) is 0.333. The molecule has 1 amide bonds. The highest BCUT2D eigenvalue weighted by Crippen LogP contribution is 2.33. The summed E-state index contributed by atoms with van der Waals surface area (Å²) in [6, 6.07) is 19.2. The summed E-state index contributed by atoms with van der Waals surface area (Å²) in [6.45, 7) is 3.75. The number of hydrogen-bond donors (Lipinski definition) is 3. The summed E-state index contributed by atoms with van der Waals surface area (Å²) in [7, 11) is 1.01. The molecule has 0 heterocycles. The molecule has 8 nitrogen and oxygen atoms in total. The number of ether oxygens (including phenoxy) is 2. The molecule has 3 N–H and O–H groups in total. The Morgan fingerprint density at radius 1 is 1.03 bits per heavy atom. The second-order valence-corrected chi connectivity index (χ2v) is 12.4. The molecule has 186 valence electrons. The summed E-state index contributed by atoms with van der Waals surface area (Å²) in [5.41, 5.74) is 1.03. The van der Waals surface area contributed by atoms with E-state index in [1.165, 1.54) is 18.2 Å². The summed E-state index contributed by atoms with van der Waals surface area (Å²) in [6.07, 6.45) is -1.38. The molecule has 3 aromatic carbocycles. The first-order chi connectivity index (χ1) is 16.5. The Balaban J connectivity index is 1.82. The van der Waals surface area contributed by atoms with Gasteiger partial charge in [-0.05, 0) is 43.7 Å². The van der Waals surface area contributed by atoms with Crippen LogP contribution in [-0.2, 0) is 14.8 Å². The number of hydrogen-bond acceptors (Lipinski definition) is 6. The van der Waals surface area contributed by atoms with Gasteiger partial charge in [-0.3, -0.25) is 9.52 Å². The largest absolute Gasteiger partial charge is 0.492 e. The zero-order valence-electron chi connectivity index (χ0n) is 19.3. The van der Waals surface area contributed by atoms with Crippen molar-refractivity contribution in [2.75, 3.05) is 16.6 Å². The molecular formula is C24H28N2O6P2S. The van der Waals surface area contributed by atoms with Crippen LogP contribution in [0.4, 0.5) is 11.4 Å². The number of aliphatic hydroxyl groups excluding tert-OH is 1. The molecule has 35 heavy (non-hydrogen) atoms. The van der Waals surface area contributed by atoms with Crippen molar-refractivity contribution < 1.29 is 27.8 Å². The third-order valence-electron chi connectivity index (χ3n) is 4.59. The molecule has 3 atom stereocenters. The Kier molecular flexibility index (Phi) is 8.73. The van der Waals surface area contributed by atoms with Crippen molar-refractivity contribution in [2.24, 2.45) is 0 Å². The van der Waals surface area contributed by atoms with Crippen molar-refractivity contribution in [2.45, 2.75) is 29.9 Å². The summed E-state index contributed by atoms with van der Waals surface area (Å²) < 4.78 is 40.1. The fourth-order valence-electron chi connectivity index (χ4n) is 3.16. The van der Waals surface area contributed by atoms with E-state index in [2.05, 4.69) is 28.5 Å². The maximum absolute atomic E-state index is 13.2. The van der Waals surface area contributed by atoms with Gasteiger partial charge in [-0.15, -0.1) is 0 Å². The number of benzene rings is 3. The molecule has 0 saturated heterocycles. The van der Waals surface area contributed by atoms with Gasteiger partial charge in [-0.2, -0.15) is 0 Å². The summed E-state index contributed by atoms with van der Waals surface area (Å²) >= 11 is 0. The Morgan fingerprint density at radius 2 is 1.74 bits per heavy atom. The first-order valence-electron chi connectivity index (χ1n) is 10.7. The lowest BCUT2D eigenvalue weighted by atomic mass is 10.1. The minimum Gasteiger partial charge on any atom is -0.492 e. The number of sulfonamides is 1. The van der Waals surface area contributed by atoms with Gasteiger partial charge in [0.25, 0.3) is 15.9 Å². The van der Waals surface area contributed by atoms with Crippen LogP contribution in [0.1, 0.15) is 25.5 Å². The maximum Gasteiger partial charge on any atom is 0.265 e. The number of carbonyl (C=O) groups is 1. The second-order valence-electron chi connectivity index (χ2n) is 7.82. The SMILES string of the molecule is CCOc1cc(NC(=O)[C@H](O)c2ccccc2)ccc1S(=O)(=O)Nc1cccc(OC(C)(P)P)c1. The molecule has 3 aromatic rings. The van der Waals surface area contributed by atoms with E-state index in [1.54, 1.807) is 61.5 Å². The van der Waals surface area contributed by atoms with Crippen LogP contribution >= 0.6 is 18.5 Å². The van der Waals surface area contributed by atoms with Crippen molar-refractivity contribution in [3.63, 3.8) is 0 Å². The van der Waals surface area contributed by atoms with Crippen LogP contribution in [0.5, 0.6) is 11.5 Å².